The second-order valence-electron chi connectivity index (χ2n) is 2.92. The smallest absolute Gasteiger partial charge is 0.249 e. The minimum Gasteiger partial charge on any atom is -0.299 e. The molecular weight excluding hydrogens is 150 g/mol. The van der Waals surface area contributed by atoms with Gasteiger partial charge in [0.25, 0.3) is 0 Å². The quantitative estimate of drug-likeness (QED) is 0.578. The van der Waals surface area contributed by atoms with Crippen LogP contribution >= 0.6 is 0 Å². The molecular formula is C8H10F2O. The molecule has 0 heterocycles. The summed E-state index contributed by atoms with van der Waals surface area (Å²) < 4.78 is 24.4. The first-order chi connectivity index (χ1) is 5.05. The van der Waals surface area contributed by atoms with E-state index in [4.69, 9.17) is 0 Å². The SMILES string of the molecule is C=CCC(=O)C1CC(F)(F)C1. The lowest BCUT2D eigenvalue weighted by molar-refractivity contribution is -0.147. The van der Waals surface area contributed by atoms with Gasteiger partial charge in [0.2, 0.25) is 5.92 Å². The molecule has 0 aliphatic heterocycles. The van der Waals surface area contributed by atoms with Crippen LogP contribution in [0, 0.1) is 5.92 Å². The van der Waals surface area contributed by atoms with E-state index >= 15 is 0 Å². The van der Waals surface area contributed by atoms with Gasteiger partial charge in [-0.3, -0.25) is 4.79 Å². The van der Waals surface area contributed by atoms with Crippen molar-refractivity contribution in [1.29, 1.82) is 0 Å². The second-order valence-corrected chi connectivity index (χ2v) is 2.92. The number of carbonyl (C=O) groups excluding carboxylic acids is 1. The number of halogens is 2. The molecule has 0 saturated heterocycles. The normalized spacial score (nSPS) is 22.4. The first-order valence-corrected chi connectivity index (χ1v) is 3.56. The molecule has 3 heteroatoms. The highest BCUT2D eigenvalue weighted by Gasteiger charge is 2.47. The summed E-state index contributed by atoms with van der Waals surface area (Å²) in [4.78, 5) is 10.9. The van der Waals surface area contributed by atoms with Crippen molar-refractivity contribution in [3.8, 4) is 0 Å². The number of hydrogen-bond acceptors (Lipinski definition) is 1. The highest BCUT2D eigenvalue weighted by atomic mass is 19.3. The molecule has 0 N–H and O–H groups in total. The van der Waals surface area contributed by atoms with Crippen molar-refractivity contribution < 1.29 is 13.6 Å². The molecule has 1 fully saturated rings. The molecule has 1 aliphatic rings. The summed E-state index contributed by atoms with van der Waals surface area (Å²) in [6.45, 7) is 3.37. The van der Waals surface area contributed by atoms with E-state index in [9.17, 15) is 13.6 Å². The van der Waals surface area contributed by atoms with Gasteiger partial charge in [0, 0.05) is 25.2 Å². The first kappa shape index (κ1) is 8.37. The zero-order valence-corrected chi connectivity index (χ0v) is 6.15. The fourth-order valence-electron chi connectivity index (χ4n) is 1.20. The number of Topliss-reactive ketones (excluding diaryl/α,β-unsaturated/α-hetero) is 1. The van der Waals surface area contributed by atoms with Gasteiger partial charge in [-0.25, -0.2) is 8.78 Å². The number of rotatable bonds is 3. The molecule has 0 spiro atoms. The number of carbonyl (C=O) groups is 1. The van der Waals surface area contributed by atoms with Gasteiger partial charge < -0.3 is 0 Å². The van der Waals surface area contributed by atoms with Crippen LogP contribution in [-0.2, 0) is 4.79 Å². The summed E-state index contributed by atoms with van der Waals surface area (Å²) in [7, 11) is 0. The number of ketones is 1. The van der Waals surface area contributed by atoms with Crippen LogP contribution in [0.3, 0.4) is 0 Å². The highest BCUT2D eigenvalue weighted by Crippen LogP contribution is 2.43. The fourth-order valence-corrected chi connectivity index (χ4v) is 1.20. The lowest BCUT2D eigenvalue weighted by Gasteiger charge is -2.33. The molecule has 11 heavy (non-hydrogen) atoms. The van der Waals surface area contributed by atoms with Gasteiger partial charge in [-0.15, -0.1) is 6.58 Å². The largest absolute Gasteiger partial charge is 0.299 e. The summed E-state index contributed by atoms with van der Waals surface area (Å²) in [5.74, 6) is -3.10. The van der Waals surface area contributed by atoms with E-state index in [0.29, 0.717) is 0 Å². The Bertz CT molecular complexity index is 179. The van der Waals surface area contributed by atoms with Crippen LogP contribution in [-0.4, -0.2) is 11.7 Å². The van der Waals surface area contributed by atoms with Gasteiger partial charge in [-0.05, 0) is 0 Å². The van der Waals surface area contributed by atoms with Crippen LogP contribution in [0.4, 0.5) is 8.78 Å². The van der Waals surface area contributed by atoms with E-state index in [2.05, 4.69) is 6.58 Å². The Balaban J connectivity index is 2.32. The Labute approximate surface area is 64.1 Å². The van der Waals surface area contributed by atoms with Crippen molar-refractivity contribution in [2.75, 3.05) is 0 Å². The van der Waals surface area contributed by atoms with Gasteiger partial charge in [-0.1, -0.05) is 6.08 Å². The second kappa shape index (κ2) is 2.72. The molecule has 0 radical (unpaired) electrons. The lowest BCUT2D eigenvalue weighted by Crippen LogP contribution is -2.39. The minimum atomic E-state index is -2.58. The van der Waals surface area contributed by atoms with Crippen LogP contribution < -0.4 is 0 Å². The van der Waals surface area contributed by atoms with E-state index < -0.39 is 11.8 Å². The van der Waals surface area contributed by atoms with E-state index in [0.717, 1.165) is 0 Å². The van der Waals surface area contributed by atoms with Crippen LogP contribution in [0.25, 0.3) is 0 Å². The molecule has 1 aliphatic carbocycles. The molecule has 0 aromatic heterocycles. The van der Waals surface area contributed by atoms with Crippen molar-refractivity contribution in [3.05, 3.63) is 12.7 Å². The van der Waals surface area contributed by atoms with Crippen LogP contribution in [0.15, 0.2) is 12.7 Å². The maximum atomic E-state index is 12.2. The Morgan fingerprint density at radius 1 is 1.64 bits per heavy atom. The van der Waals surface area contributed by atoms with Gasteiger partial charge in [0.1, 0.15) is 5.78 Å². The summed E-state index contributed by atoms with van der Waals surface area (Å²) >= 11 is 0. The Morgan fingerprint density at radius 2 is 2.18 bits per heavy atom. The summed E-state index contributed by atoms with van der Waals surface area (Å²) in [5.41, 5.74) is 0. The minimum absolute atomic E-state index is 0.106. The maximum Gasteiger partial charge on any atom is 0.249 e. The number of alkyl halides is 2. The summed E-state index contributed by atoms with van der Waals surface area (Å²) in [5, 5.41) is 0. The van der Waals surface area contributed by atoms with Crippen molar-refractivity contribution in [2.24, 2.45) is 5.92 Å². The lowest BCUT2D eigenvalue weighted by atomic mass is 9.78. The summed E-state index contributed by atoms with van der Waals surface area (Å²) in [6, 6.07) is 0. The van der Waals surface area contributed by atoms with E-state index in [-0.39, 0.29) is 25.0 Å². The van der Waals surface area contributed by atoms with Gasteiger partial charge in [0.15, 0.2) is 0 Å². The van der Waals surface area contributed by atoms with E-state index in [1.807, 2.05) is 0 Å². The molecule has 62 valence electrons. The molecule has 1 saturated carbocycles. The Kier molecular flexibility index (Phi) is 2.07. The third-order valence-corrected chi connectivity index (χ3v) is 1.89. The van der Waals surface area contributed by atoms with Crippen molar-refractivity contribution in [3.63, 3.8) is 0 Å². The standard InChI is InChI=1S/C8H10F2O/c1-2-3-7(11)6-4-8(9,10)5-6/h2,6H,1,3-5H2. The van der Waals surface area contributed by atoms with Crippen LogP contribution in [0.5, 0.6) is 0 Å². The van der Waals surface area contributed by atoms with Crippen molar-refractivity contribution >= 4 is 5.78 Å². The predicted octanol–water partition coefficient (Wildman–Crippen LogP) is 2.18. The highest BCUT2D eigenvalue weighted by molar-refractivity contribution is 5.83. The van der Waals surface area contributed by atoms with E-state index in [1.165, 1.54) is 6.08 Å². The molecule has 0 atom stereocenters. The zero-order valence-electron chi connectivity index (χ0n) is 6.15. The number of allylic oxidation sites excluding steroid dienone is 1. The maximum absolute atomic E-state index is 12.2. The average molecular weight is 160 g/mol. The molecule has 1 rings (SSSR count). The first-order valence-electron chi connectivity index (χ1n) is 3.56. The zero-order chi connectivity index (χ0) is 8.48. The molecule has 0 unspecified atom stereocenters. The molecule has 0 bridgehead atoms. The topological polar surface area (TPSA) is 17.1 Å². The van der Waals surface area contributed by atoms with Gasteiger partial charge >= 0.3 is 0 Å². The molecule has 0 aromatic carbocycles. The van der Waals surface area contributed by atoms with E-state index in [1.54, 1.807) is 0 Å². The third kappa shape index (κ3) is 1.85. The third-order valence-electron chi connectivity index (χ3n) is 1.89. The average Bonchev–Trinajstić information content (AvgIpc) is 1.83. The van der Waals surface area contributed by atoms with Crippen molar-refractivity contribution in [2.45, 2.75) is 25.2 Å². The summed E-state index contributed by atoms with van der Waals surface area (Å²) in [6.07, 6.45) is 1.15. The van der Waals surface area contributed by atoms with Crippen molar-refractivity contribution in [1.82, 2.24) is 0 Å². The Morgan fingerprint density at radius 3 is 2.55 bits per heavy atom. The molecule has 1 nitrogen and oxygen atoms in total. The van der Waals surface area contributed by atoms with Gasteiger partial charge in [0.05, 0.1) is 0 Å². The predicted molar refractivity (Wildman–Crippen MR) is 37.5 cm³/mol. The molecule has 0 amide bonds. The monoisotopic (exact) mass is 160 g/mol. The van der Waals surface area contributed by atoms with Crippen LogP contribution in [0.1, 0.15) is 19.3 Å². The Hall–Kier alpha value is -0.730. The van der Waals surface area contributed by atoms with Gasteiger partial charge in [-0.2, -0.15) is 0 Å². The number of hydrogen-bond donors (Lipinski definition) is 0. The molecule has 0 aromatic rings. The fraction of sp³-hybridized carbons (Fsp3) is 0.625. The van der Waals surface area contributed by atoms with Crippen LogP contribution in [0.2, 0.25) is 0 Å².